The minimum atomic E-state index is -4.88. The van der Waals surface area contributed by atoms with Crippen LogP contribution in [-0.2, 0) is 9.84 Å². The lowest BCUT2D eigenvalue weighted by Crippen LogP contribution is -2.48. The lowest BCUT2D eigenvalue weighted by molar-refractivity contribution is -0.134. The first-order chi connectivity index (χ1) is 5.67. The predicted octanol–water partition coefficient (Wildman–Crippen LogP) is 1.02. The monoisotopic (exact) mass is 224 g/mol. The normalized spacial score (nSPS) is 42.1. The fourth-order valence-electron chi connectivity index (χ4n) is 1.05. The van der Waals surface area contributed by atoms with Crippen molar-refractivity contribution in [1.29, 1.82) is 0 Å². The number of hydrogen-bond donors (Lipinski definition) is 0. The summed E-state index contributed by atoms with van der Waals surface area (Å²) in [5, 5.41) is 0. The second-order valence-corrected chi connectivity index (χ2v) is 4.85. The Kier molecular flexibility index (Phi) is 2.10. The van der Waals surface area contributed by atoms with Crippen LogP contribution in [0.4, 0.5) is 22.0 Å². The molecule has 1 rings (SSSR count). The molecule has 0 aromatic carbocycles. The number of sulfone groups is 1. The van der Waals surface area contributed by atoms with Crippen molar-refractivity contribution in [2.45, 2.75) is 17.1 Å². The summed E-state index contributed by atoms with van der Waals surface area (Å²) in [6.07, 6.45) is 0. The molecule has 0 amide bonds. The molecule has 0 N–H and O–H groups in total. The van der Waals surface area contributed by atoms with Crippen molar-refractivity contribution in [1.82, 2.24) is 0 Å². The van der Waals surface area contributed by atoms with Gasteiger partial charge in [-0.1, -0.05) is 0 Å². The summed E-state index contributed by atoms with van der Waals surface area (Å²) in [6.45, 7) is -2.36. The smallest absolute Gasteiger partial charge is 0.247 e. The van der Waals surface area contributed by atoms with Crippen molar-refractivity contribution in [3.8, 4) is 0 Å². The molecule has 0 saturated carbocycles. The van der Waals surface area contributed by atoms with Gasteiger partial charge in [0, 0.05) is 0 Å². The van der Waals surface area contributed by atoms with Crippen LogP contribution >= 0.6 is 0 Å². The molecule has 13 heavy (non-hydrogen) atoms. The Morgan fingerprint density at radius 2 is 1.77 bits per heavy atom. The fraction of sp³-hybridized carbons (Fsp3) is 1.00. The van der Waals surface area contributed by atoms with Crippen LogP contribution in [0.1, 0.15) is 0 Å². The molecule has 1 aliphatic heterocycles. The quantitative estimate of drug-likeness (QED) is 0.623. The Balaban J connectivity index is 3.25. The number of hydrogen-bond acceptors (Lipinski definition) is 2. The molecule has 0 bridgehead atoms. The first kappa shape index (κ1) is 10.7. The Labute approximate surface area is 70.6 Å². The van der Waals surface area contributed by atoms with E-state index in [0.717, 1.165) is 0 Å². The molecule has 8 heteroatoms. The Morgan fingerprint density at radius 1 is 1.31 bits per heavy atom. The molecule has 78 valence electrons. The van der Waals surface area contributed by atoms with Crippen molar-refractivity contribution in [2.75, 3.05) is 12.4 Å². The highest BCUT2D eigenvalue weighted by atomic mass is 32.2. The fourth-order valence-corrected chi connectivity index (χ4v) is 2.75. The molecule has 0 aliphatic carbocycles. The highest BCUT2D eigenvalue weighted by molar-refractivity contribution is 7.92. The first-order valence-electron chi connectivity index (χ1n) is 3.16. The molecule has 1 saturated heterocycles. The zero-order chi connectivity index (χ0) is 10.5. The minimum absolute atomic E-state index is 1.98. The summed E-state index contributed by atoms with van der Waals surface area (Å²) in [5.41, 5.74) is -7.72. The highest BCUT2D eigenvalue weighted by Gasteiger charge is 2.72. The molecule has 2 unspecified atom stereocenters. The van der Waals surface area contributed by atoms with E-state index >= 15 is 0 Å². The summed E-state index contributed by atoms with van der Waals surface area (Å²) in [4.78, 5) is 0. The predicted molar refractivity (Wildman–Crippen MR) is 33.4 cm³/mol. The molecule has 0 radical (unpaired) electrons. The van der Waals surface area contributed by atoms with E-state index in [-0.39, 0.29) is 0 Å². The van der Waals surface area contributed by atoms with Crippen LogP contribution in [0.15, 0.2) is 0 Å². The largest absolute Gasteiger partial charge is 0.301 e. The van der Waals surface area contributed by atoms with E-state index in [2.05, 4.69) is 0 Å². The van der Waals surface area contributed by atoms with Gasteiger partial charge in [-0.05, 0) is 0 Å². The van der Waals surface area contributed by atoms with E-state index in [1.54, 1.807) is 0 Å². The number of halogens is 5. The average molecular weight is 224 g/mol. The third-order valence-electron chi connectivity index (χ3n) is 1.86. The number of rotatable bonds is 1. The average Bonchev–Trinajstić information content (AvgIpc) is 2.09. The van der Waals surface area contributed by atoms with Gasteiger partial charge in [0.1, 0.15) is 12.4 Å². The van der Waals surface area contributed by atoms with Crippen LogP contribution in [0.2, 0.25) is 0 Å². The van der Waals surface area contributed by atoms with Crippen molar-refractivity contribution in [3.05, 3.63) is 0 Å². The second kappa shape index (κ2) is 2.55. The van der Waals surface area contributed by atoms with Gasteiger partial charge in [-0.15, -0.1) is 0 Å². The van der Waals surface area contributed by atoms with Gasteiger partial charge in [0.2, 0.25) is 11.2 Å². The van der Waals surface area contributed by atoms with E-state index in [9.17, 15) is 30.4 Å². The zero-order valence-electron chi connectivity index (χ0n) is 6.11. The van der Waals surface area contributed by atoms with Gasteiger partial charge in [-0.25, -0.2) is 30.4 Å². The van der Waals surface area contributed by atoms with E-state index in [1.165, 1.54) is 0 Å². The lowest BCUT2D eigenvalue weighted by atomic mass is 10.0. The standard InChI is InChI=1S/C5H5F5O2S/c6-1-4(8)3(7)13(11,12)2-5(4,9)10/h3H,1-2H2. The molecule has 1 fully saturated rings. The van der Waals surface area contributed by atoms with Crippen molar-refractivity contribution >= 4 is 9.84 Å². The summed E-state index contributed by atoms with van der Waals surface area (Å²) in [7, 11) is -4.88. The Bertz CT molecular complexity index is 313. The maximum absolute atomic E-state index is 12.8. The Hall–Kier alpha value is -0.400. The van der Waals surface area contributed by atoms with Gasteiger partial charge in [0.25, 0.3) is 0 Å². The van der Waals surface area contributed by atoms with Crippen LogP contribution in [0.3, 0.4) is 0 Å². The molecule has 0 spiro atoms. The third-order valence-corrected chi connectivity index (χ3v) is 3.63. The van der Waals surface area contributed by atoms with E-state index in [0.29, 0.717) is 0 Å². The molecule has 1 aliphatic rings. The van der Waals surface area contributed by atoms with Gasteiger partial charge in [-0.3, -0.25) is 0 Å². The molecular weight excluding hydrogens is 219 g/mol. The second-order valence-electron chi connectivity index (χ2n) is 2.82. The topological polar surface area (TPSA) is 34.1 Å². The maximum atomic E-state index is 12.8. The molecule has 2 atom stereocenters. The molecule has 2 nitrogen and oxygen atoms in total. The SMILES string of the molecule is O=S1(=O)CC(F)(F)C(F)(CF)C1F. The molecule has 1 heterocycles. The highest BCUT2D eigenvalue weighted by Crippen LogP contribution is 2.46. The van der Waals surface area contributed by atoms with Gasteiger partial charge in [0.05, 0.1) is 0 Å². The summed E-state index contributed by atoms with van der Waals surface area (Å²) in [5.74, 6) is -6.48. The summed E-state index contributed by atoms with van der Waals surface area (Å²) < 4.78 is 83.2. The van der Waals surface area contributed by atoms with Gasteiger partial charge < -0.3 is 0 Å². The summed E-state index contributed by atoms with van der Waals surface area (Å²) >= 11 is 0. The van der Waals surface area contributed by atoms with Crippen LogP contribution < -0.4 is 0 Å². The van der Waals surface area contributed by atoms with Crippen LogP contribution in [0, 0.1) is 0 Å². The maximum Gasteiger partial charge on any atom is 0.301 e. The first-order valence-corrected chi connectivity index (χ1v) is 4.87. The lowest BCUT2D eigenvalue weighted by Gasteiger charge is -2.22. The van der Waals surface area contributed by atoms with Crippen LogP contribution in [0.25, 0.3) is 0 Å². The summed E-state index contributed by atoms with van der Waals surface area (Å²) in [6, 6.07) is 0. The molecular formula is C5H5F5O2S. The zero-order valence-corrected chi connectivity index (χ0v) is 6.92. The third kappa shape index (κ3) is 1.22. The Morgan fingerprint density at radius 3 is 1.92 bits per heavy atom. The van der Waals surface area contributed by atoms with E-state index in [1.807, 2.05) is 0 Å². The van der Waals surface area contributed by atoms with E-state index in [4.69, 9.17) is 0 Å². The van der Waals surface area contributed by atoms with E-state index < -0.39 is 39.4 Å². The van der Waals surface area contributed by atoms with Crippen molar-refractivity contribution in [3.63, 3.8) is 0 Å². The van der Waals surface area contributed by atoms with Crippen LogP contribution in [-0.4, -0.2) is 37.9 Å². The number of alkyl halides is 5. The minimum Gasteiger partial charge on any atom is -0.247 e. The van der Waals surface area contributed by atoms with Gasteiger partial charge in [-0.2, -0.15) is 0 Å². The van der Waals surface area contributed by atoms with Gasteiger partial charge >= 0.3 is 5.92 Å². The van der Waals surface area contributed by atoms with Gasteiger partial charge in [0.15, 0.2) is 9.84 Å². The van der Waals surface area contributed by atoms with Crippen molar-refractivity contribution in [2.24, 2.45) is 0 Å². The molecule has 0 aromatic rings. The van der Waals surface area contributed by atoms with Crippen LogP contribution in [0.5, 0.6) is 0 Å². The molecule has 0 aromatic heterocycles. The van der Waals surface area contributed by atoms with Crippen molar-refractivity contribution < 1.29 is 30.4 Å².